The summed E-state index contributed by atoms with van der Waals surface area (Å²) in [4.78, 5) is 17.1. The van der Waals surface area contributed by atoms with Crippen molar-refractivity contribution in [2.24, 2.45) is 4.99 Å². The highest BCUT2D eigenvalue weighted by Gasteiger charge is 2.33. The number of cyclic esters (lactones) is 1. The number of aliphatic imine (C=N–C) groups is 1. The first-order valence-electron chi connectivity index (χ1n) is 7.74. The molecule has 0 aliphatic carbocycles. The summed E-state index contributed by atoms with van der Waals surface area (Å²) in [6, 6.07) is 4.82. The molecule has 2 saturated heterocycles. The summed E-state index contributed by atoms with van der Waals surface area (Å²) in [7, 11) is 0. The van der Waals surface area contributed by atoms with E-state index in [1.807, 2.05) is 0 Å². The minimum Gasteiger partial charge on any atom is -0.616 e. The van der Waals surface area contributed by atoms with Crippen LogP contribution in [0.2, 0.25) is 0 Å². The number of thiocarbonyl (C=S) groups is 1. The lowest BCUT2D eigenvalue weighted by molar-refractivity contribution is 0.145. The molecule has 1 amide bonds. The maximum atomic E-state index is 14.5. The Hall–Kier alpha value is -1.47. The molecule has 0 spiro atoms. The zero-order valence-corrected chi connectivity index (χ0v) is 14.6. The number of carbonyl (C=O) groups is 1. The molecule has 2 fully saturated rings. The number of carbonyl (C=O) groups excluding carboxylic acids is 1. The number of rotatable bonds is 4. The number of benzene rings is 1. The Bertz CT molecular complexity index is 673. The summed E-state index contributed by atoms with van der Waals surface area (Å²) in [6.45, 7) is 0.562. The molecule has 0 bridgehead atoms. The number of nitrogens with zero attached hydrogens (tertiary/aromatic N) is 2. The van der Waals surface area contributed by atoms with Gasteiger partial charge in [0, 0.05) is 0 Å². The Morgan fingerprint density at radius 1 is 1.46 bits per heavy atom. The van der Waals surface area contributed by atoms with Crippen LogP contribution in [-0.2, 0) is 15.9 Å². The molecule has 1 aromatic rings. The minimum atomic E-state index is -0.773. The average molecular weight is 368 g/mol. The summed E-state index contributed by atoms with van der Waals surface area (Å²) >= 11 is 3.73. The largest absolute Gasteiger partial charge is 0.616 e. The standard InChI is InChI=1S/C16H17FN2O3S2/c17-15-7-12(19-9-13(8-18-10-23)22-16(19)20)1-2-14(15)11-3-5-24(21)6-4-11/h1-2,7,11,13H,3-6,8-9H2/t11-,13-,24-/m1/s1. The van der Waals surface area contributed by atoms with Crippen molar-refractivity contribution in [1.82, 2.24) is 0 Å². The molecule has 5 nitrogen and oxygen atoms in total. The van der Waals surface area contributed by atoms with Crippen LogP contribution in [0.3, 0.4) is 0 Å². The quantitative estimate of drug-likeness (QED) is 0.466. The smallest absolute Gasteiger partial charge is 0.414 e. The highest BCUT2D eigenvalue weighted by atomic mass is 32.2. The van der Waals surface area contributed by atoms with Gasteiger partial charge in [0.2, 0.25) is 0 Å². The number of isothiocyanates is 1. The van der Waals surface area contributed by atoms with E-state index in [1.165, 1.54) is 11.0 Å². The van der Waals surface area contributed by atoms with Crippen LogP contribution in [0.25, 0.3) is 0 Å². The first-order valence-corrected chi connectivity index (χ1v) is 9.64. The van der Waals surface area contributed by atoms with E-state index in [9.17, 15) is 13.7 Å². The molecule has 0 saturated carbocycles. The van der Waals surface area contributed by atoms with E-state index in [-0.39, 0.29) is 18.3 Å². The third-order valence-corrected chi connectivity index (χ3v) is 5.87. The van der Waals surface area contributed by atoms with Gasteiger partial charge >= 0.3 is 6.09 Å². The van der Waals surface area contributed by atoms with E-state index < -0.39 is 23.4 Å². The molecule has 0 aromatic heterocycles. The fraction of sp³-hybridized carbons (Fsp3) is 0.500. The summed E-state index contributed by atoms with van der Waals surface area (Å²) in [5.74, 6) is 0.990. The van der Waals surface area contributed by atoms with E-state index in [2.05, 4.69) is 22.4 Å². The topological polar surface area (TPSA) is 65.0 Å². The van der Waals surface area contributed by atoms with Crippen molar-refractivity contribution in [3.8, 4) is 0 Å². The molecule has 24 heavy (non-hydrogen) atoms. The maximum absolute atomic E-state index is 14.5. The van der Waals surface area contributed by atoms with Crippen molar-refractivity contribution in [3.05, 3.63) is 29.6 Å². The first-order chi connectivity index (χ1) is 11.6. The number of ether oxygens (including phenoxy) is 1. The molecule has 8 heteroatoms. The molecule has 1 atom stereocenters. The second-order valence-corrected chi connectivity index (χ2v) is 7.76. The third kappa shape index (κ3) is 3.78. The van der Waals surface area contributed by atoms with Crippen LogP contribution in [0.1, 0.15) is 24.3 Å². The van der Waals surface area contributed by atoms with Crippen molar-refractivity contribution in [1.29, 1.82) is 0 Å². The van der Waals surface area contributed by atoms with Crippen LogP contribution < -0.4 is 4.90 Å². The number of halogens is 1. The number of amides is 1. The Kier molecular flexibility index (Phi) is 5.50. The minimum absolute atomic E-state index is 0.0898. The summed E-state index contributed by atoms with van der Waals surface area (Å²) < 4.78 is 31.1. The molecule has 1 aromatic carbocycles. The zero-order valence-electron chi connectivity index (χ0n) is 12.9. The van der Waals surface area contributed by atoms with Crippen molar-refractivity contribution >= 4 is 40.3 Å². The first kappa shape index (κ1) is 17.4. The van der Waals surface area contributed by atoms with Gasteiger partial charge in [-0.2, -0.15) is 0 Å². The number of hydrogen-bond acceptors (Lipinski definition) is 5. The molecule has 128 valence electrons. The van der Waals surface area contributed by atoms with Crippen molar-refractivity contribution in [2.75, 3.05) is 29.5 Å². The second-order valence-electron chi connectivity index (χ2n) is 5.88. The van der Waals surface area contributed by atoms with Crippen LogP contribution in [0.15, 0.2) is 23.2 Å². The molecule has 0 radical (unpaired) electrons. The van der Waals surface area contributed by atoms with Crippen LogP contribution in [0, 0.1) is 5.82 Å². The monoisotopic (exact) mass is 368 g/mol. The highest BCUT2D eigenvalue weighted by Crippen LogP contribution is 2.33. The Morgan fingerprint density at radius 2 is 2.21 bits per heavy atom. The molecule has 3 rings (SSSR count). The SMILES string of the molecule is O=C1O[C@H](CN=C=S)CN1c1ccc([C@H]2CC[S@+]([O-])CC2)c(F)c1. The van der Waals surface area contributed by atoms with Gasteiger partial charge in [-0.3, -0.25) is 4.90 Å². The third-order valence-electron chi connectivity index (χ3n) is 4.36. The van der Waals surface area contributed by atoms with Gasteiger partial charge in [-0.15, -0.1) is 0 Å². The van der Waals surface area contributed by atoms with E-state index in [4.69, 9.17) is 4.74 Å². The zero-order chi connectivity index (χ0) is 17.1. The number of hydrogen-bond donors (Lipinski definition) is 0. The van der Waals surface area contributed by atoms with Gasteiger partial charge in [0.15, 0.2) is 0 Å². The van der Waals surface area contributed by atoms with Gasteiger partial charge in [0.25, 0.3) is 0 Å². The van der Waals surface area contributed by atoms with E-state index >= 15 is 0 Å². The highest BCUT2D eigenvalue weighted by molar-refractivity contribution is 7.91. The summed E-state index contributed by atoms with van der Waals surface area (Å²) in [6.07, 6.45) is 0.544. The maximum Gasteiger partial charge on any atom is 0.414 e. The van der Waals surface area contributed by atoms with Gasteiger partial charge in [0.05, 0.1) is 23.9 Å². The van der Waals surface area contributed by atoms with E-state index in [1.54, 1.807) is 12.1 Å². The summed E-state index contributed by atoms with van der Waals surface area (Å²) in [5.41, 5.74) is 1.10. The average Bonchev–Trinajstić information content (AvgIpc) is 2.95. The summed E-state index contributed by atoms with van der Waals surface area (Å²) in [5, 5.41) is 2.24. The predicted molar refractivity (Wildman–Crippen MR) is 93.8 cm³/mol. The molecule has 2 aliphatic rings. The molecular weight excluding hydrogens is 351 g/mol. The lowest BCUT2D eigenvalue weighted by Crippen LogP contribution is -2.26. The molecule has 2 aliphatic heterocycles. The van der Waals surface area contributed by atoms with Gasteiger partial charge < -0.3 is 9.29 Å². The van der Waals surface area contributed by atoms with Gasteiger partial charge in [0.1, 0.15) is 23.4 Å². The predicted octanol–water partition coefficient (Wildman–Crippen LogP) is 2.88. The lowest BCUT2D eigenvalue weighted by atomic mass is 9.93. The van der Waals surface area contributed by atoms with Crippen LogP contribution in [0.4, 0.5) is 14.9 Å². The van der Waals surface area contributed by atoms with Gasteiger partial charge in [-0.25, -0.2) is 14.2 Å². The molecule has 0 N–H and O–H groups in total. The van der Waals surface area contributed by atoms with Gasteiger partial charge in [-0.05, 0) is 48.7 Å². The van der Waals surface area contributed by atoms with Crippen LogP contribution in [-0.4, -0.2) is 46.5 Å². The molecule has 0 unspecified atom stereocenters. The van der Waals surface area contributed by atoms with Crippen molar-refractivity contribution < 1.29 is 18.5 Å². The van der Waals surface area contributed by atoms with Gasteiger partial charge in [-0.1, -0.05) is 17.2 Å². The van der Waals surface area contributed by atoms with Crippen molar-refractivity contribution in [2.45, 2.75) is 24.9 Å². The Balaban J connectivity index is 1.72. The van der Waals surface area contributed by atoms with Crippen molar-refractivity contribution in [3.63, 3.8) is 0 Å². The van der Waals surface area contributed by atoms with Crippen LogP contribution >= 0.6 is 12.2 Å². The second kappa shape index (κ2) is 7.61. The molecular formula is C16H17FN2O3S2. The Labute approximate surface area is 148 Å². The number of anilines is 1. The van der Waals surface area contributed by atoms with Crippen LogP contribution in [0.5, 0.6) is 0 Å². The fourth-order valence-electron chi connectivity index (χ4n) is 3.09. The van der Waals surface area contributed by atoms with E-state index in [0.29, 0.717) is 29.3 Å². The van der Waals surface area contributed by atoms with E-state index in [0.717, 1.165) is 12.8 Å². The lowest BCUT2D eigenvalue weighted by Gasteiger charge is -2.25. The molecule has 2 heterocycles. The normalized spacial score (nSPS) is 26.8. The fourth-order valence-corrected chi connectivity index (χ4v) is 4.46. The Morgan fingerprint density at radius 3 is 2.88 bits per heavy atom.